The highest BCUT2D eigenvalue weighted by Gasteiger charge is 2.43. The minimum atomic E-state index is -4.81. The van der Waals surface area contributed by atoms with Crippen LogP contribution >= 0.6 is 23.4 Å². The predicted molar refractivity (Wildman–Crippen MR) is 88.7 cm³/mol. The normalized spacial score (nSPS) is 21.8. The number of alkyl halides is 3. The van der Waals surface area contributed by atoms with Crippen molar-refractivity contribution in [2.24, 2.45) is 0 Å². The van der Waals surface area contributed by atoms with Crippen LogP contribution in [0.2, 0.25) is 5.02 Å². The van der Waals surface area contributed by atoms with Gasteiger partial charge in [-0.2, -0.15) is 0 Å². The summed E-state index contributed by atoms with van der Waals surface area (Å²) in [7, 11) is 0. The first-order valence-electron chi connectivity index (χ1n) is 8.05. The third kappa shape index (κ3) is 3.24. The fourth-order valence-corrected chi connectivity index (χ4v) is 5.26. The van der Waals surface area contributed by atoms with Crippen molar-refractivity contribution < 1.29 is 22.7 Å². The van der Waals surface area contributed by atoms with Gasteiger partial charge in [0, 0.05) is 10.4 Å². The molecule has 8 heteroatoms. The average molecular weight is 390 g/mol. The fourth-order valence-electron chi connectivity index (χ4n) is 3.96. The maximum atomic E-state index is 12.6. The summed E-state index contributed by atoms with van der Waals surface area (Å²) in [5, 5.41) is 3.06. The zero-order valence-electron chi connectivity index (χ0n) is 13.1. The number of carbonyl (C=O) groups is 1. The highest BCUT2D eigenvalue weighted by Crippen LogP contribution is 2.49. The Kier molecular flexibility index (Phi) is 3.99. The van der Waals surface area contributed by atoms with Crippen LogP contribution in [0.15, 0.2) is 27.5 Å². The van der Waals surface area contributed by atoms with E-state index in [0.29, 0.717) is 16.2 Å². The van der Waals surface area contributed by atoms with Gasteiger partial charge in [0.15, 0.2) is 0 Å². The van der Waals surface area contributed by atoms with E-state index in [-0.39, 0.29) is 16.5 Å². The van der Waals surface area contributed by atoms with Crippen LogP contribution in [0.5, 0.6) is 5.75 Å². The van der Waals surface area contributed by atoms with Crippen LogP contribution < -0.4 is 10.1 Å². The number of nitrogens with one attached hydrogen (secondary N) is 1. The van der Waals surface area contributed by atoms with Crippen molar-refractivity contribution in [3.8, 4) is 5.75 Å². The number of benzene rings is 1. The molecular weight excluding hydrogens is 375 g/mol. The largest absolute Gasteiger partial charge is 0.573 e. The molecule has 0 saturated heterocycles. The van der Waals surface area contributed by atoms with Crippen LogP contribution in [0.25, 0.3) is 0 Å². The molecular formula is C17H15ClF3NO2S. The molecule has 1 saturated carbocycles. The number of carbonyl (C=O) groups excluding carboxylic acids is 1. The summed E-state index contributed by atoms with van der Waals surface area (Å²) < 4.78 is 41.5. The second-order valence-corrected chi connectivity index (χ2v) is 8.23. The second-order valence-electron chi connectivity index (χ2n) is 6.77. The van der Waals surface area contributed by atoms with Crippen LogP contribution in [0.3, 0.4) is 0 Å². The first-order valence-corrected chi connectivity index (χ1v) is 9.25. The standard InChI is InChI=1S/C17H15ClF3NO2S/c18-11-6-9-5-10-8-16(3-1-2-4-16)22-15(23)14(10)25-13(9)7-12(11)24-17(19,20)21/h6-7H,1-5,8H2,(H,22,23). The summed E-state index contributed by atoms with van der Waals surface area (Å²) in [6.45, 7) is 0. The predicted octanol–water partition coefficient (Wildman–Crippen LogP) is 4.97. The topological polar surface area (TPSA) is 38.3 Å². The Bertz CT molecular complexity index is 785. The molecule has 1 spiro atoms. The zero-order chi connectivity index (χ0) is 17.8. The van der Waals surface area contributed by atoms with E-state index in [0.717, 1.165) is 43.2 Å². The van der Waals surface area contributed by atoms with E-state index < -0.39 is 12.1 Å². The number of fused-ring (bicyclic) bond motifs is 1. The lowest BCUT2D eigenvalue weighted by molar-refractivity contribution is -0.274. The van der Waals surface area contributed by atoms with Crippen LogP contribution in [0.1, 0.15) is 37.7 Å². The third-order valence-corrected chi connectivity index (χ3v) is 6.55. The highest BCUT2D eigenvalue weighted by molar-refractivity contribution is 8.04. The van der Waals surface area contributed by atoms with Gasteiger partial charge >= 0.3 is 6.36 Å². The molecule has 1 N–H and O–H groups in total. The Balaban J connectivity index is 1.65. The van der Waals surface area contributed by atoms with E-state index in [2.05, 4.69) is 10.1 Å². The molecule has 0 aromatic heterocycles. The van der Waals surface area contributed by atoms with Crippen molar-refractivity contribution in [3.63, 3.8) is 0 Å². The van der Waals surface area contributed by atoms with Gasteiger partial charge in [0.25, 0.3) is 5.91 Å². The number of hydrogen-bond acceptors (Lipinski definition) is 3. The Morgan fingerprint density at radius 2 is 1.96 bits per heavy atom. The number of amides is 1. The fraction of sp³-hybridized carbons (Fsp3) is 0.471. The quantitative estimate of drug-likeness (QED) is 0.736. The Morgan fingerprint density at radius 3 is 2.64 bits per heavy atom. The Morgan fingerprint density at radius 1 is 1.24 bits per heavy atom. The molecule has 4 rings (SSSR count). The lowest BCUT2D eigenvalue weighted by Gasteiger charge is -2.38. The second kappa shape index (κ2) is 5.84. The zero-order valence-corrected chi connectivity index (χ0v) is 14.7. The number of thioether (sulfide) groups is 1. The van der Waals surface area contributed by atoms with Crippen molar-refractivity contribution in [1.29, 1.82) is 0 Å². The molecule has 1 aliphatic carbocycles. The molecule has 1 fully saturated rings. The molecule has 1 amide bonds. The smallest absolute Gasteiger partial charge is 0.404 e. The number of ether oxygens (including phenoxy) is 1. The molecule has 25 heavy (non-hydrogen) atoms. The first kappa shape index (κ1) is 17.1. The number of rotatable bonds is 1. The monoisotopic (exact) mass is 389 g/mol. The number of hydrogen-bond donors (Lipinski definition) is 1. The SMILES string of the molecule is O=C1NC2(CCCC2)CC2=C1Sc1cc(OC(F)(F)F)c(Cl)cc1C2. The van der Waals surface area contributed by atoms with Crippen molar-refractivity contribution in [2.75, 3.05) is 0 Å². The van der Waals surface area contributed by atoms with Gasteiger partial charge in [0.2, 0.25) is 0 Å². The van der Waals surface area contributed by atoms with Gasteiger partial charge in [0.1, 0.15) is 5.75 Å². The first-order chi connectivity index (χ1) is 11.7. The molecule has 3 aliphatic rings. The van der Waals surface area contributed by atoms with E-state index >= 15 is 0 Å². The third-order valence-electron chi connectivity index (χ3n) is 4.98. The molecule has 1 aromatic rings. The number of halogens is 4. The van der Waals surface area contributed by atoms with Crippen LogP contribution in [-0.2, 0) is 11.2 Å². The summed E-state index contributed by atoms with van der Waals surface area (Å²) in [5.41, 5.74) is 1.76. The minimum absolute atomic E-state index is 0.0726. The molecule has 0 unspecified atom stereocenters. The molecule has 2 aliphatic heterocycles. The van der Waals surface area contributed by atoms with Gasteiger partial charge in [0.05, 0.1) is 9.93 Å². The van der Waals surface area contributed by atoms with Gasteiger partial charge in [-0.15, -0.1) is 13.2 Å². The van der Waals surface area contributed by atoms with Gasteiger partial charge in [-0.25, -0.2) is 0 Å². The van der Waals surface area contributed by atoms with Crippen molar-refractivity contribution in [3.05, 3.63) is 33.2 Å². The lowest BCUT2D eigenvalue weighted by Crippen LogP contribution is -2.50. The van der Waals surface area contributed by atoms with Crippen LogP contribution in [-0.4, -0.2) is 17.8 Å². The molecule has 3 nitrogen and oxygen atoms in total. The van der Waals surface area contributed by atoms with Crippen molar-refractivity contribution in [2.45, 2.75) is 55.3 Å². The van der Waals surface area contributed by atoms with Gasteiger partial charge < -0.3 is 10.1 Å². The van der Waals surface area contributed by atoms with E-state index in [1.54, 1.807) is 0 Å². The van der Waals surface area contributed by atoms with E-state index in [1.807, 2.05) is 0 Å². The molecule has 1 aromatic carbocycles. The van der Waals surface area contributed by atoms with Gasteiger partial charge in [-0.1, -0.05) is 36.2 Å². The molecule has 134 valence electrons. The summed E-state index contributed by atoms with van der Waals surface area (Å²) in [6.07, 6.45) is 0.710. The van der Waals surface area contributed by atoms with Crippen molar-refractivity contribution >= 4 is 29.3 Å². The summed E-state index contributed by atoms with van der Waals surface area (Å²) in [5.74, 6) is -0.556. The maximum absolute atomic E-state index is 12.6. The van der Waals surface area contributed by atoms with Gasteiger partial charge in [-0.3, -0.25) is 4.79 Å². The summed E-state index contributed by atoms with van der Waals surface area (Å²) in [6, 6.07) is 2.79. The summed E-state index contributed by atoms with van der Waals surface area (Å²) >= 11 is 7.16. The lowest BCUT2D eigenvalue weighted by atomic mass is 9.83. The Hall–Kier alpha value is -1.34. The molecule has 0 atom stereocenters. The molecule has 2 heterocycles. The average Bonchev–Trinajstić information content (AvgIpc) is 2.93. The van der Waals surface area contributed by atoms with E-state index in [1.165, 1.54) is 23.9 Å². The van der Waals surface area contributed by atoms with Crippen LogP contribution in [0, 0.1) is 0 Å². The molecule has 0 bridgehead atoms. The Labute approximate surface area is 151 Å². The highest BCUT2D eigenvalue weighted by atomic mass is 35.5. The molecule has 0 radical (unpaired) electrons. The maximum Gasteiger partial charge on any atom is 0.573 e. The minimum Gasteiger partial charge on any atom is -0.404 e. The van der Waals surface area contributed by atoms with Gasteiger partial charge in [-0.05, 0) is 49.0 Å². The van der Waals surface area contributed by atoms with E-state index in [4.69, 9.17) is 11.6 Å². The summed E-state index contributed by atoms with van der Waals surface area (Å²) in [4.78, 5) is 13.7. The van der Waals surface area contributed by atoms with E-state index in [9.17, 15) is 18.0 Å². The van der Waals surface area contributed by atoms with Crippen molar-refractivity contribution in [1.82, 2.24) is 5.32 Å². The van der Waals surface area contributed by atoms with Crippen LogP contribution in [0.4, 0.5) is 13.2 Å².